The number of hydrogen-bond acceptors (Lipinski definition) is 2. The van der Waals surface area contributed by atoms with Crippen molar-refractivity contribution in [1.82, 2.24) is 4.57 Å². The van der Waals surface area contributed by atoms with Crippen molar-refractivity contribution in [2.45, 2.75) is 0 Å². The van der Waals surface area contributed by atoms with Crippen LogP contribution >= 0.6 is 11.3 Å². The Hall–Kier alpha value is -5.64. The Kier molecular flexibility index (Phi) is 6.03. The van der Waals surface area contributed by atoms with Crippen molar-refractivity contribution < 1.29 is 0 Å². The van der Waals surface area contributed by atoms with Crippen molar-refractivity contribution in [3.05, 3.63) is 170 Å². The molecule has 0 spiro atoms. The van der Waals surface area contributed by atoms with Crippen LogP contribution in [0, 0.1) is 0 Å². The highest BCUT2D eigenvalue weighted by Crippen LogP contribution is 2.42. The van der Waals surface area contributed by atoms with Crippen LogP contribution in [0.25, 0.3) is 58.8 Å². The van der Waals surface area contributed by atoms with Crippen LogP contribution in [0.5, 0.6) is 0 Å². The third kappa shape index (κ3) is 4.24. The number of aromatic nitrogens is 1. The molecule has 9 aromatic rings. The van der Waals surface area contributed by atoms with E-state index in [4.69, 9.17) is 0 Å². The van der Waals surface area contributed by atoms with Gasteiger partial charge in [0.05, 0.1) is 11.0 Å². The molecule has 2 nitrogen and oxygen atoms in total. The molecular formula is C42H28N2S. The highest BCUT2D eigenvalue weighted by Gasteiger charge is 2.18. The van der Waals surface area contributed by atoms with Gasteiger partial charge in [0.1, 0.15) is 0 Å². The number of nitrogens with zero attached hydrogens (tertiary/aromatic N) is 2. The largest absolute Gasteiger partial charge is 0.310 e. The molecule has 2 aromatic heterocycles. The molecule has 3 heteroatoms. The number of rotatable bonds is 5. The van der Waals surface area contributed by atoms with E-state index in [0.717, 1.165) is 22.7 Å². The van der Waals surface area contributed by atoms with Gasteiger partial charge in [-0.25, -0.2) is 0 Å². The summed E-state index contributed by atoms with van der Waals surface area (Å²) in [6.07, 6.45) is 0. The lowest BCUT2D eigenvalue weighted by atomic mass is 10.0. The third-order valence-electron chi connectivity index (χ3n) is 8.79. The molecule has 9 rings (SSSR count). The SMILES string of the molecule is c1ccc(N(c2ccc(-c3cccc4c3sc3ccccc34)cc2)c2ccc3c4ccccc4n(-c4ccccc4)c3c2)cc1. The molecule has 0 aliphatic carbocycles. The Labute approximate surface area is 265 Å². The second-order valence-corrected chi connectivity index (χ2v) is 12.4. The molecule has 0 amide bonds. The monoisotopic (exact) mass is 592 g/mol. The highest BCUT2D eigenvalue weighted by molar-refractivity contribution is 7.26. The molecule has 212 valence electrons. The standard InChI is InChI=1S/C42H28N2S/c1-3-12-30(13-4-1)43(32-24-22-29(23-25-32)34-18-11-19-38-37-17-8-10-21-41(37)45-42(34)38)33-26-27-36-35-16-7-9-20-39(35)44(40(36)28-33)31-14-5-2-6-15-31/h1-28H. The first kappa shape index (κ1) is 25.8. The summed E-state index contributed by atoms with van der Waals surface area (Å²) in [4.78, 5) is 2.36. The minimum Gasteiger partial charge on any atom is -0.310 e. The third-order valence-corrected chi connectivity index (χ3v) is 10.0. The van der Waals surface area contributed by atoms with E-state index in [0.29, 0.717) is 0 Å². The van der Waals surface area contributed by atoms with Gasteiger partial charge in [-0.15, -0.1) is 11.3 Å². The van der Waals surface area contributed by atoms with Gasteiger partial charge in [-0.2, -0.15) is 0 Å². The maximum atomic E-state index is 2.38. The predicted molar refractivity (Wildman–Crippen MR) is 194 cm³/mol. The Bertz CT molecular complexity index is 2470. The van der Waals surface area contributed by atoms with Gasteiger partial charge in [0.2, 0.25) is 0 Å². The van der Waals surface area contributed by atoms with Gasteiger partial charge in [0.15, 0.2) is 0 Å². The molecule has 0 aliphatic rings. The minimum absolute atomic E-state index is 1.12. The average Bonchev–Trinajstić information content (AvgIpc) is 3.65. The lowest BCUT2D eigenvalue weighted by Gasteiger charge is -2.26. The quantitative estimate of drug-likeness (QED) is 0.193. The Morgan fingerprint density at radius 2 is 1.04 bits per heavy atom. The first-order valence-corrected chi connectivity index (χ1v) is 16.1. The van der Waals surface area contributed by atoms with Crippen molar-refractivity contribution >= 4 is 70.4 Å². The predicted octanol–water partition coefficient (Wildman–Crippen LogP) is 12.3. The first-order chi connectivity index (χ1) is 22.3. The first-order valence-electron chi connectivity index (χ1n) is 15.3. The fourth-order valence-electron chi connectivity index (χ4n) is 6.74. The molecule has 0 N–H and O–H groups in total. The number of anilines is 3. The van der Waals surface area contributed by atoms with Gasteiger partial charge in [-0.3, -0.25) is 0 Å². The van der Waals surface area contributed by atoms with Crippen molar-refractivity contribution in [2.75, 3.05) is 4.90 Å². The zero-order valence-corrected chi connectivity index (χ0v) is 25.3. The van der Waals surface area contributed by atoms with Crippen LogP contribution in [-0.4, -0.2) is 4.57 Å². The number of para-hydroxylation sites is 3. The van der Waals surface area contributed by atoms with Crippen molar-refractivity contribution in [1.29, 1.82) is 0 Å². The van der Waals surface area contributed by atoms with Crippen molar-refractivity contribution in [3.63, 3.8) is 0 Å². The molecule has 0 saturated carbocycles. The average molecular weight is 593 g/mol. The van der Waals surface area contributed by atoms with Crippen molar-refractivity contribution in [2.24, 2.45) is 0 Å². The van der Waals surface area contributed by atoms with E-state index in [1.807, 2.05) is 11.3 Å². The van der Waals surface area contributed by atoms with Crippen molar-refractivity contribution in [3.8, 4) is 16.8 Å². The number of fused-ring (bicyclic) bond motifs is 6. The highest BCUT2D eigenvalue weighted by atomic mass is 32.1. The molecular weight excluding hydrogens is 565 g/mol. The van der Waals surface area contributed by atoms with Crippen LogP contribution in [0.2, 0.25) is 0 Å². The van der Waals surface area contributed by atoms with Crippen LogP contribution in [0.1, 0.15) is 0 Å². The molecule has 0 saturated heterocycles. The smallest absolute Gasteiger partial charge is 0.0561 e. The molecule has 7 aromatic carbocycles. The van der Waals surface area contributed by atoms with Gasteiger partial charge < -0.3 is 9.47 Å². The summed E-state index contributed by atoms with van der Waals surface area (Å²) in [5.41, 5.74) is 9.42. The minimum atomic E-state index is 1.12. The second-order valence-electron chi connectivity index (χ2n) is 11.4. The van der Waals surface area contributed by atoms with Gasteiger partial charge in [0.25, 0.3) is 0 Å². The van der Waals surface area contributed by atoms with E-state index in [2.05, 4.69) is 179 Å². The van der Waals surface area contributed by atoms with Gasteiger partial charge in [0, 0.05) is 53.7 Å². The Morgan fingerprint density at radius 3 is 1.87 bits per heavy atom. The molecule has 0 bridgehead atoms. The molecule has 0 radical (unpaired) electrons. The summed E-state index contributed by atoms with van der Waals surface area (Å²) >= 11 is 1.88. The summed E-state index contributed by atoms with van der Waals surface area (Å²) in [6.45, 7) is 0. The van der Waals surface area contributed by atoms with Crippen LogP contribution in [0.15, 0.2) is 170 Å². The molecule has 2 heterocycles. The molecule has 0 unspecified atom stereocenters. The maximum Gasteiger partial charge on any atom is 0.0561 e. The summed E-state index contributed by atoms with van der Waals surface area (Å²) in [5.74, 6) is 0. The van der Waals surface area contributed by atoms with Gasteiger partial charge in [-0.1, -0.05) is 109 Å². The van der Waals surface area contributed by atoms with E-state index in [1.54, 1.807) is 0 Å². The molecule has 45 heavy (non-hydrogen) atoms. The van der Waals surface area contributed by atoms with E-state index < -0.39 is 0 Å². The van der Waals surface area contributed by atoms with Crippen LogP contribution in [0.3, 0.4) is 0 Å². The molecule has 0 atom stereocenters. The normalized spacial score (nSPS) is 11.6. The topological polar surface area (TPSA) is 8.17 Å². The summed E-state index contributed by atoms with van der Waals surface area (Å²) < 4.78 is 5.05. The number of thiophene rings is 1. The van der Waals surface area contributed by atoms with E-state index >= 15 is 0 Å². The maximum absolute atomic E-state index is 2.38. The lowest BCUT2D eigenvalue weighted by molar-refractivity contribution is 1.18. The lowest BCUT2D eigenvalue weighted by Crippen LogP contribution is -2.10. The molecule has 0 fully saturated rings. The number of benzene rings is 7. The fraction of sp³-hybridized carbons (Fsp3) is 0. The summed E-state index contributed by atoms with van der Waals surface area (Å²) in [6, 6.07) is 61.3. The van der Waals surface area contributed by atoms with E-state index in [9.17, 15) is 0 Å². The van der Waals surface area contributed by atoms with Crippen LogP contribution in [0.4, 0.5) is 17.1 Å². The number of hydrogen-bond donors (Lipinski definition) is 0. The van der Waals surface area contributed by atoms with E-state index in [1.165, 1.54) is 53.1 Å². The Balaban J connectivity index is 1.20. The fourth-order valence-corrected chi connectivity index (χ4v) is 7.98. The van der Waals surface area contributed by atoms with E-state index in [-0.39, 0.29) is 0 Å². The zero-order chi connectivity index (χ0) is 29.7. The van der Waals surface area contributed by atoms with Crippen LogP contribution < -0.4 is 4.90 Å². The molecule has 0 aliphatic heterocycles. The van der Waals surface area contributed by atoms with Crippen LogP contribution in [-0.2, 0) is 0 Å². The second kappa shape index (κ2) is 10.5. The van der Waals surface area contributed by atoms with Gasteiger partial charge in [-0.05, 0) is 71.8 Å². The van der Waals surface area contributed by atoms with Gasteiger partial charge >= 0.3 is 0 Å². The zero-order valence-electron chi connectivity index (χ0n) is 24.5. The summed E-state index contributed by atoms with van der Waals surface area (Å²) in [7, 11) is 0. The Morgan fingerprint density at radius 1 is 0.422 bits per heavy atom. The summed E-state index contributed by atoms with van der Waals surface area (Å²) in [5, 5.41) is 5.16.